The number of aryl methyl sites for hydroxylation is 2. The minimum atomic E-state index is -0.285. The highest BCUT2D eigenvalue weighted by molar-refractivity contribution is 6.02. The maximum Gasteiger partial charge on any atom is 0.322 e. The van der Waals surface area contributed by atoms with Crippen LogP contribution in [0.2, 0.25) is 0 Å². The van der Waals surface area contributed by atoms with Gasteiger partial charge in [0.25, 0.3) is 0 Å². The van der Waals surface area contributed by atoms with Crippen LogP contribution in [0.4, 0.5) is 5.69 Å². The standard InChI is InChI=1S/C23H23N3O4/c1-15-12-16(2)25-23(24-15)30-20-7-5-6-18(13-20)26-22(27)11-9-17-8-10-19(28-3)14-21(17)29-4/h5-14H,1-4H3,(H,26,27)/b11-9+. The van der Waals surface area contributed by atoms with E-state index in [0.717, 1.165) is 17.0 Å². The van der Waals surface area contributed by atoms with Crippen LogP contribution in [0.1, 0.15) is 17.0 Å². The quantitative estimate of drug-likeness (QED) is 0.581. The van der Waals surface area contributed by atoms with Crippen LogP contribution in [-0.4, -0.2) is 30.1 Å². The van der Waals surface area contributed by atoms with Gasteiger partial charge < -0.3 is 19.5 Å². The van der Waals surface area contributed by atoms with Gasteiger partial charge in [-0.15, -0.1) is 0 Å². The van der Waals surface area contributed by atoms with Crippen LogP contribution in [0.3, 0.4) is 0 Å². The first-order chi connectivity index (χ1) is 14.5. The Labute approximate surface area is 175 Å². The van der Waals surface area contributed by atoms with E-state index < -0.39 is 0 Å². The molecule has 154 valence electrons. The highest BCUT2D eigenvalue weighted by Gasteiger charge is 2.06. The molecule has 0 unspecified atom stereocenters. The number of nitrogens with zero attached hydrogens (tertiary/aromatic N) is 2. The molecule has 0 bridgehead atoms. The molecule has 30 heavy (non-hydrogen) atoms. The van der Waals surface area contributed by atoms with Gasteiger partial charge in [0.1, 0.15) is 17.2 Å². The lowest BCUT2D eigenvalue weighted by Gasteiger charge is -2.08. The molecule has 1 amide bonds. The molecule has 0 saturated heterocycles. The van der Waals surface area contributed by atoms with Crippen molar-refractivity contribution in [3.8, 4) is 23.3 Å². The second kappa shape index (κ2) is 9.56. The van der Waals surface area contributed by atoms with E-state index in [1.807, 2.05) is 26.0 Å². The maximum absolute atomic E-state index is 12.3. The molecular weight excluding hydrogens is 382 g/mol. The smallest absolute Gasteiger partial charge is 0.322 e. The number of hydrogen-bond donors (Lipinski definition) is 1. The summed E-state index contributed by atoms with van der Waals surface area (Å²) in [6.07, 6.45) is 3.11. The van der Waals surface area contributed by atoms with E-state index in [-0.39, 0.29) is 11.9 Å². The normalized spacial score (nSPS) is 10.7. The number of anilines is 1. The van der Waals surface area contributed by atoms with Gasteiger partial charge in [-0.1, -0.05) is 6.07 Å². The molecule has 2 aromatic carbocycles. The molecule has 7 nitrogen and oxygen atoms in total. The van der Waals surface area contributed by atoms with Crippen LogP contribution in [-0.2, 0) is 4.79 Å². The molecule has 0 atom stereocenters. The van der Waals surface area contributed by atoms with Crippen molar-refractivity contribution in [3.05, 3.63) is 71.6 Å². The lowest BCUT2D eigenvalue weighted by molar-refractivity contribution is -0.111. The SMILES string of the molecule is COc1ccc(/C=C/C(=O)Nc2cccc(Oc3nc(C)cc(C)n3)c2)c(OC)c1. The van der Waals surface area contributed by atoms with Gasteiger partial charge in [0, 0.05) is 40.8 Å². The number of rotatable bonds is 7. The van der Waals surface area contributed by atoms with Gasteiger partial charge in [-0.2, -0.15) is 0 Å². The zero-order chi connectivity index (χ0) is 21.5. The second-order valence-corrected chi connectivity index (χ2v) is 6.49. The van der Waals surface area contributed by atoms with Crippen molar-refractivity contribution in [1.29, 1.82) is 0 Å². The Morgan fingerprint density at radius 1 is 0.933 bits per heavy atom. The minimum absolute atomic E-state index is 0.266. The molecule has 0 fully saturated rings. The summed E-state index contributed by atoms with van der Waals surface area (Å²) in [6.45, 7) is 3.75. The Kier molecular flexibility index (Phi) is 6.64. The molecule has 1 aromatic heterocycles. The number of ether oxygens (including phenoxy) is 3. The predicted molar refractivity (Wildman–Crippen MR) is 115 cm³/mol. The molecule has 0 aliphatic carbocycles. The molecule has 0 aliphatic rings. The summed E-state index contributed by atoms with van der Waals surface area (Å²) in [5.41, 5.74) is 2.99. The van der Waals surface area contributed by atoms with E-state index in [1.165, 1.54) is 6.08 Å². The summed E-state index contributed by atoms with van der Waals surface area (Å²) in [5, 5.41) is 2.81. The van der Waals surface area contributed by atoms with Crippen molar-refractivity contribution < 1.29 is 19.0 Å². The van der Waals surface area contributed by atoms with E-state index in [2.05, 4.69) is 15.3 Å². The Morgan fingerprint density at radius 2 is 1.70 bits per heavy atom. The van der Waals surface area contributed by atoms with Gasteiger partial charge in [0.15, 0.2) is 0 Å². The maximum atomic E-state index is 12.3. The molecule has 0 saturated carbocycles. The summed E-state index contributed by atoms with van der Waals surface area (Å²) >= 11 is 0. The third kappa shape index (κ3) is 5.57. The average Bonchev–Trinajstić information content (AvgIpc) is 2.71. The number of amides is 1. The van der Waals surface area contributed by atoms with Gasteiger partial charge in [0.2, 0.25) is 5.91 Å². The number of methoxy groups -OCH3 is 2. The molecule has 0 aliphatic heterocycles. The molecule has 7 heteroatoms. The van der Waals surface area contributed by atoms with Crippen LogP contribution in [0.25, 0.3) is 6.08 Å². The summed E-state index contributed by atoms with van der Waals surface area (Å²) in [7, 11) is 3.15. The molecule has 0 spiro atoms. The Bertz CT molecular complexity index is 1060. The highest BCUT2D eigenvalue weighted by Crippen LogP contribution is 2.26. The number of carbonyl (C=O) groups excluding carboxylic acids is 1. The number of hydrogen-bond acceptors (Lipinski definition) is 6. The highest BCUT2D eigenvalue weighted by atomic mass is 16.5. The third-order valence-corrected chi connectivity index (χ3v) is 4.13. The average molecular weight is 405 g/mol. The number of carbonyl (C=O) groups is 1. The van der Waals surface area contributed by atoms with E-state index >= 15 is 0 Å². The van der Waals surface area contributed by atoms with Crippen molar-refractivity contribution in [2.24, 2.45) is 0 Å². The van der Waals surface area contributed by atoms with Gasteiger partial charge in [0.05, 0.1) is 14.2 Å². The lowest BCUT2D eigenvalue weighted by Crippen LogP contribution is -2.07. The Balaban J connectivity index is 1.68. The molecule has 1 heterocycles. The zero-order valence-electron chi connectivity index (χ0n) is 17.3. The van der Waals surface area contributed by atoms with Gasteiger partial charge >= 0.3 is 6.01 Å². The van der Waals surface area contributed by atoms with Crippen LogP contribution in [0, 0.1) is 13.8 Å². The molecule has 0 radical (unpaired) electrons. The van der Waals surface area contributed by atoms with Crippen molar-refractivity contribution in [1.82, 2.24) is 9.97 Å². The van der Waals surface area contributed by atoms with E-state index in [0.29, 0.717) is 22.9 Å². The second-order valence-electron chi connectivity index (χ2n) is 6.49. The number of nitrogens with one attached hydrogen (secondary N) is 1. The summed E-state index contributed by atoms with van der Waals surface area (Å²) in [6, 6.07) is 14.5. The summed E-state index contributed by atoms with van der Waals surface area (Å²) in [4.78, 5) is 20.9. The molecular formula is C23H23N3O4. The fourth-order valence-electron chi connectivity index (χ4n) is 2.79. The van der Waals surface area contributed by atoms with Crippen molar-refractivity contribution in [2.75, 3.05) is 19.5 Å². The fraction of sp³-hybridized carbons (Fsp3) is 0.174. The first kappa shape index (κ1) is 20.9. The monoisotopic (exact) mass is 405 g/mol. The number of aromatic nitrogens is 2. The summed E-state index contributed by atoms with van der Waals surface area (Å²) < 4.78 is 16.2. The lowest BCUT2D eigenvalue weighted by atomic mass is 10.1. The van der Waals surface area contributed by atoms with Crippen LogP contribution >= 0.6 is 0 Å². The Hall–Kier alpha value is -3.87. The van der Waals surface area contributed by atoms with E-state index in [4.69, 9.17) is 14.2 Å². The van der Waals surface area contributed by atoms with Crippen molar-refractivity contribution in [3.63, 3.8) is 0 Å². The van der Waals surface area contributed by atoms with Gasteiger partial charge in [-0.3, -0.25) is 4.79 Å². The first-order valence-corrected chi connectivity index (χ1v) is 9.28. The minimum Gasteiger partial charge on any atom is -0.497 e. The third-order valence-electron chi connectivity index (χ3n) is 4.13. The van der Waals surface area contributed by atoms with Crippen molar-refractivity contribution >= 4 is 17.7 Å². The topological polar surface area (TPSA) is 82.6 Å². The fourth-order valence-corrected chi connectivity index (χ4v) is 2.79. The molecule has 3 aromatic rings. The van der Waals surface area contributed by atoms with Crippen LogP contribution in [0.15, 0.2) is 54.6 Å². The van der Waals surface area contributed by atoms with Crippen LogP contribution in [0.5, 0.6) is 23.3 Å². The number of benzene rings is 2. The zero-order valence-corrected chi connectivity index (χ0v) is 17.3. The molecule has 3 rings (SSSR count). The van der Waals surface area contributed by atoms with Crippen molar-refractivity contribution in [2.45, 2.75) is 13.8 Å². The largest absolute Gasteiger partial charge is 0.497 e. The van der Waals surface area contributed by atoms with Gasteiger partial charge in [-0.05, 0) is 50.3 Å². The van der Waals surface area contributed by atoms with E-state index in [1.54, 1.807) is 56.7 Å². The van der Waals surface area contributed by atoms with E-state index in [9.17, 15) is 4.79 Å². The van der Waals surface area contributed by atoms with Crippen LogP contribution < -0.4 is 19.5 Å². The summed E-state index contributed by atoms with van der Waals surface area (Å²) in [5.74, 6) is 1.53. The van der Waals surface area contributed by atoms with Gasteiger partial charge in [-0.25, -0.2) is 9.97 Å². The first-order valence-electron chi connectivity index (χ1n) is 9.28. The predicted octanol–water partition coefficient (Wildman–Crippen LogP) is 4.55. The molecule has 1 N–H and O–H groups in total. The Morgan fingerprint density at radius 3 is 2.40 bits per heavy atom.